The number of carbonyl (C=O) groups excluding carboxylic acids is 1. The lowest BCUT2D eigenvalue weighted by Crippen LogP contribution is -2.41. The molecule has 3 aromatic rings. The van der Waals surface area contributed by atoms with Crippen molar-refractivity contribution in [2.75, 3.05) is 32.6 Å². The maximum absolute atomic E-state index is 12.9. The second-order valence-electron chi connectivity index (χ2n) is 7.41. The Bertz CT molecular complexity index is 1160. The van der Waals surface area contributed by atoms with Crippen molar-refractivity contribution in [1.82, 2.24) is 39.8 Å². The highest BCUT2D eigenvalue weighted by atomic mass is 19.3. The topological polar surface area (TPSA) is 174 Å². The molecule has 1 saturated heterocycles. The molecule has 0 aromatic carbocycles. The van der Waals surface area contributed by atoms with Gasteiger partial charge in [-0.1, -0.05) is 5.21 Å². The van der Waals surface area contributed by atoms with Crippen LogP contribution in [0.4, 0.5) is 14.6 Å². The van der Waals surface area contributed by atoms with Gasteiger partial charge in [0.15, 0.2) is 29.3 Å². The van der Waals surface area contributed by atoms with E-state index in [-0.39, 0.29) is 22.9 Å². The third kappa shape index (κ3) is 4.52. The second kappa shape index (κ2) is 9.88. The zero-order chi connectivity index (χ0) is 24.4. The molecule has 0 spiro atoms. The van der Waals surface area contributed by atoms with Crippen LogP contribution in [-0.2, 0) is 20.7 Å². The van der Waals surface area contributed by atoms with E-state index in [0.29, 0.717) is 18.7 Å². The smallest absolute Gasteiger partial charge is 0.256 e. The van der Waals surface area contributed by atoms with Gasteiger partial charge >= 0.3 is 0 Å². The molecule has 3 aromatic heterocycles. The summed E-state index contributed by atoms with van der Waals surface area (Å²) < 4.78 is 38.9. The predicted octanol–water partition coefficient (Wildman–Crippen LogP) is -1.36. The molecule has 4 N–H and O–H groups in total. The van der Waals surface area contributed by atoms with Crippen molar-refractivity contribution in [3.63, 3.8) is 0 Å². The van der Waals surface area contributed by atoms with Crippen LogP contribution in [0.15, 0.2) is 12.5 Å². The summed E-state index contributed by atoms with van der Waals surface area (Å²) in [6, 6.07) is 0. The molecular formula is C18H23F2N9O5. The molecule has 0 aliphatic carbocycles. The van der Waals surface area contributed by atoms with Crippen LogP contribution in [-0.4, -0.2) is 103 Å². The Morgan fingerprint density at radius 1 is 1.32 bits per heavy atom. The molecule has 4 rings (SSSR count). The van der Waals surface area contributed by atoms with Crippen LogP contribution >= 0.6 is 0 Å². The van der Waals surface area contributed by atoms with Crippen LogP contribution in [0.1, 0.15) is 11.9 Å². The summed E-state index contributed by atoms with van der Waals surface area (Å²) in [5.74, 6) is -0.652. The van der Waals surface area contributed by atoms with Crippen molar-refractivity contribution in [3.05, 3.63) is 18.2 Å². The number of amides is 1. The standard InChI is InChI=1S/C18H23F2N9O5/c1-21-16(32)13-11(30)12(31)17(34-13)28-7-23-10-14(22-5-9(19)20)24-18(25-15(10)28)29-6-8(26-27-29)3-4-33-2/h6-7,9,11-13,17,30-31H,3-5H2,1-2H3,(H,21,32)(H,22,24,25)/t11-,12+,13-,17?/m0/s1. The number of imidazole rings is 1. The van der Waals surface area contributed by atoms with Crippen LogP contribution in [0.2, 0.25) is 0 Å². The lowest BCUT2D eigenvalue weighted by molar-refractivity contribution is -0.137. The van der Waals surface area contributed by atoms with Gasteiger partial charge in [0.2, 0.25) is 0 Å². The fourth-order valence-corrected chi connectivity index (χ4v) is 3.46. The minimum atomic E-state index is -2.66. The molecule has 0 bridgehead atoms. The van der Waals surface area contributed by atoms with Crippen LogP contribution in [0, 0.1) is 0 Å². The van der Waals surface area contributed by atoms with Gasteiger partial charge in [0.25, 0.3) is 18.3 Å². The number of hydrogen-bond acceptors (Lipinski definition) is 11. The van der Waals surface area contributed by atoms with E-state index in [1.165, 1.54) is 22.6 Å². The molecule has 1 amide bonds. The van der Waals surface area contributed by atoms with Crippen LogP contribution < -0.4 is 10.6 Å². The Kier molecular flexibility index (Phi) is 6.92. The monoisotopic (exact) mass is 483 g/mol. The normalized spacial score (nSPS) is 22.6. The maximum atomic E-state index is 12.9. The first-order valence-corrected chi connectivity index (χ1v) is 10.2. The number of nitrogens with zero attached hydrogens (tertiary/aromatic N) is 7. The number of halogens is 2. The number of rotatable bonds is 9. The van der Waals surface area contributed by atoms with Crippen molar-refractivity contribution in [3.8, 4) is 5.95 Å². The van der Waals surface area contributed by atoms with Gasteiger partial charge in [0.1, 0.15) is 12.2 Å². The van der Waals surface area contributed by atoms with Gasteiger partial charge in [-0.3, -0.25) is 9.36 Å². The average Bonchev–Trinajstić information content (AvgIpc) is 3.54. The van der Waals surface area contributed by atoms with E-state index in [1.807, 2.05) is 0 Å². The lowest BCUT2D eigenvalue weighted by atomic mass is 10.1. The zero-order valence-corrected chi connectivity index (χ0v) is 18.2. The fraction of sp³-hybridized carbons (Fsp3) is 0.556. The summed E-state index contributed by atoms with van der Waals surface area (Å²) in [5.41, 5.74) is 0.787. The van der Waals surface area contributed by atoms with E-state index in [0.717, 1.165) is 0 Å². The van der Waals surface area contributed by atoms with Gasteiger partial charge in [-0.2, -0.15) is 14.6 Å². The first kappa shape index (κ1) is 23.8. The molecule has 0 radical (unpaired) electrons. The molecule has 1 fully saturated rings. The second-order valence-corrected chi connectivity index (χ2v) is 7.41. The number of hydrogen-bond donors (Lipinski definition) is 4. The Morgan fingerprint density at radius 2 is 2.12 bits per heavy atom. The SMILES string of the molecule is CNC(=O)[C@H]1OC(n2cnc3c(NCC(F)F)nc(-n4cc(CCOC)nn4)nc32)[C@H](O)[C@@H]1O. The minimum absolute atomic E-state index is 0.0103. The first-order valence-electron chi connectivity index (χ1n) is 10.2. The highest BCUT2D eigenvalue weighted by Crippen LogP contribution is 2.33. The number of ether oxygens (including phenoxy) is 2. The third-order valence-electron chi connectivity index (χ3n) is 5.16. The lowest BCUT2D eigenvalue weighted by Gasteiger charge is -2.17. The van der Waals surface area contributed by atoms with Gasteiger partial charge in [0.05, 0.1) is 31.4 Å². The Labute approximate surface area is 190 Å². The molecule has 0 saturated carbocycles. The molecular weight excluding hydrogens is 460 g/mol. The molecule has 4 heterocycles. The van der Waals surface area contributed by atoms with E-state index < -0.39 is 43.4 Å². The largest absolute Gasteiger partial charge is 0.387 e. The number of alkyl halides is 2. The molecule has 1 aliphatic heterocycles. The molecule has 34 heavy (non-hydrogen) atoms. The number of methoxy groups -OCH3 is 1. The highest BCUT2D eigenvalue weighted by Gasteiger charge is 2.47. The molecule has 184 valence electrons. The van der Waals surface area contributed by atoms with Crippen LogP contribution in [0.3, 0.4) is 0 Å². The minimum Gasteiger partial charge on any atom is -0.387 e. The summed E-state index contributed by atoms with van der Waals surface area (Å²) in [6.45, 7) is -0.285. The quantitative estimate of drug-likeness (QED) is 0.283. The number of anilines is 1. The summed E-state index contributed by atoms with van der Waals surface area (Å²) >= 11 is 0. The van der Waals surface area contributed by atoms with E-state index in [4.69, 9.17) is 9.47 Å². The van der Waals surface area contributed by atoms with Crippen LogP contribution in [0.25, 0.3) is 17.1 Å². The van der Waals surface area contributed by atoms with E-state index >= 15 is 0 Å². The molecule has 4 atom stereocenters. The number of aliphatic hydroxyl groups excluding tert-OH is 2. The van der Waals surface area contributed by atoms with Crippen molar-refractivity contribution < 1.29 is 33.3 Å². The number of likely N-dealkylation sites (N-methyl/N-ethyl adjacent to an activating group) is 1. The fourth-order valence-electron chi connectivity index (χ4n) is 3.46. The maximum Gasteiger partial charge on any atom is 0.256 e. The van der Waals surface area contributed by atoms with Crippen molar-refractivity contribution in [2.24, 2.45) is 0 Å². The number of carbonyl (C=O) groups is 1. The van der Waals surface area contributed by atoms with Gasteiger partial charge < -0.3 is 30.3 Å². The number of fused-ring (bicyclic) bond motifs is 1. The van der Waals surface area contributed by atoms with Gasteiger partial charge in [0, 0.05) is 20.6 Å². The molecule has 1 unspecified atom stereocenters. The highest BCUT2D eigenvalue weighted by molar-refractivity contribution is 5.84. The molecule has 1 aliphatic rings. The van der Waals surface area contributed by atoms with E-state index in [1.54, 1.807) is 13.3 Å². The van der Waals surface area contributed by atoms with Crippen molar-refractivity contribution in [1.29, 1.82) is 0 Å². The average molecular weight is 483 g/mol. The zero-order valence-electron chi connectivity index (χ0n) is 18.2. The first-order chi connectivity index (χ1) is 16.3. The third-order valence-corrected chi connectivity index (χ3v) is 5.16. The number of aliphatic hydroxyl groups is 2. The summed E-state index contributed by atoms with van der Waals surface area (Å²) in [5, 5.41) is 33.7. The molecule has 16 heteroatoms. The van der Waals surface area contributed by atoms with Crippen molar-refractivity contribution >= 4 is 22.9 Å². The van der Waals surface area contributed by atoms with E-state index in [2.05, 4.69) is 35.9 Å². The Morgan fingerprint density at radius 3 is 2.82 bits per heavy atom. The summed E-state index contributed by atoms with van der Waals surface area (Å²) in [4.78, 5) is 24.8. The van der Waals surface area contributed by atoms with Crippen molar-refractivity contribution in [2.45, 2.75) is 37.4 Å². The number of aromatic nitrogens is 7. The van der Waals surface area contributed by atoms with Gasteiger partial charge in [-0.15, -0.1) is 5.10 Å². The van der Waals surface area contributed by atoms with E-state index in [9.17, 15) is 23.8 Å². The summed E-state index contributed by atoms with van der Waals surface area (Å²) in [6.07, 6.45) is -4.96. The van der Waals surface area contributed by atoms with Gasteiger partial charge in [-0.25, -0.2) is 13.8 Å². The number of nitrogens with one attached hydrogen (secondary N) is 2. The molecule has 14 nitrogen and oxygen atoms in total. The summed E-state index contributed by atoms with van der Waals surface area (Å²) in [7, 11) is 2.92. The van der Waals surface area contributed by atoms with Gasteiger partial charge in [-0.05, 0) is 0 Å². The Hall–Kier alpha value is -3.34. The predicted molar refractivity (Wildman–Crippen MR) is 110 cm³/mol. The Balaban J connectivity index is 1.76. The van der Waals surface area contributed by atoms with Crippen LogP contribution in [0.5, 0.6) is 0 Å².